The van der Waals surface area contributed by atoms with E-state index in [1.807, 2.05) is 24.3 Å². The first-order valence-electron chi connectivity index (χ1n) is 6.70. The molecule has 1 rings (SSSR count). The average molecular weight is 258 g/mol. The molecule has 19 heavy (non-hydrogen) atoms. The summed E-state index contributed by atoms with van der Waals surface area (Å²) in [6.45, 7) is 2.91. The van der Waals surface area contributed by atoms with Gasteiger partial charge in [0.2, 0.25) is 0 Å². The summed E-state index contributed by atoms with van der Waals surface area (Å²) in [6, 6.07) is 10.1. The Labute approximate surface area is 115 Å². The molecule has 0 saturated carbocycles. The maximum atomic E-state index is 10.7. The summed E-state index contributed by atoms with van der Waals surface area (Å²) in [4.78, 5) is 10.7. The molecule has 2 nitrogen and oxygen atoms in total. The number of hydrogen-bond donors (Lipinski definition) is 0. The van der Waals surface area contributed by atoms with E-state index in [0.29, 0.717) is 19.6 Å². The number of Topliss-reactive ketones (excluding diaryl/α,β-unsaturated/α-hetero) is 1. The van der Waals surface area contributed by atoms with Crippen molar-refractivity contribution in [1.82, 2.24) is 0 Å². The lowest BCUT2D eigenvalue weighted by Crippen LogP contribution is -1.91. The first-order valence-corrected chi connectivity index (χ1v) is 6.70. The molecule has 1 aromatic carbocycles. The van der Waals surface area contributed by atoms with Crippen LogP contribution in [0.25, 0.3) is 0 Å². The van der Waals surface area contributed by atoms with Gasteiger partial charge in [-0.3, -0.25) is 0 Å². The van der Waals surface area contributed by atoms with Crippen LogP contribution in [0.2, 0.25) is 0 Å². The normalized spacial score (nSPS) is 11.4. The molecule has 0 aromatic heterocycles. The van der Waals surface area contributed by atoms with Crippen LogP contribution in [0, 0.1) is 0 Å². The maximum Gasteiger partial charge on any atom is 0.130 e. The lowest BCUT2D eigenvalue weighted by atomic mass is 10.2. The Morgan fingerprint density at radius 1 is 1.11 bits per heavy atom. The van der Waals surface area contributed by atoms with E-state index in [9.17, 15) is 4.79 Å². The van der Waals surface area contributed by atoms with Crippen molar-refractivity contribution in [3.05, 3.63) is 60.2 Å². The topological polar surface area (TPSA) is 26.3 Å². The molecule has 2 heteroatoms. The zero-order valence-corrected chi connectivity index (χ0v) is 11.5. The summed E-state index contributed by atoms with van der Waals surface area (Å²) < 4.78 is 5.52. The van der Waals surface area contributed by atoms with Crippen LogP contribution in [-0.4, -0.2) is 12.4 Å². The van der Waals surface area contributed by atoms with E-state index in [1.165, 1.54) is 5.56 Å². The summed E-state index contributed by atoms with van der Waals surface area (Å²) >= 11 is 0. The molecule has 0 bridgehead atoms. The lowest BCUT2D eigenvalue weighted by molar-refractivity contribution is -0.116. The minimum Gasteiger partial charge on any atom is -0.373 e. The van der Waals surface area contributed by atoms with Crippen molar-refractivity contribution in [1.29, 1.82) is 0 Å². The second-order valence-electron chi connectivity index (χ2n) is 4.42. The van der Waals surface area contributed by atoms with Crippen molar-refractivity contribution in [2.75, 3.05) is 6.61 Å². The Morgan fingerprint density at radius 2 is 1.84 bits per heavy atom. The summed E-state index contributed by atoms with van der Waals surface area (Å²) in [7, 11) is 0. The van der Waals surface area contributed by atoms with Gasteiger partial charge in [0.1, 0.15) is 5.78 Å². The molecule has 1 aromatic rings. The number of carbonyl (C=O) groups excluding carboxylic acids is 1. The third-order valence-electron chi connectivity index (χ3n) is 2.59. The number of rotatable bonds is 9. The van der Waals surface area contributed by atoms with Crippen LogP contribution in [0.1, 0.15) is 31.7 Å². The van der Waals surface area contributed by atoms with Gasteiger partial charge in [0.15, 0.2) is 0 Å². The molecule has 0 saturated heterocycles. The zero-order valence-electron chi connectivity index (χ0n) is 11.5. The molecule has 102 valence electrons. The van der Waals surface area contributed by atoms with Gasteiger partial charge >= 0.3 is 0 Å². The summed E-state index contributed by atoms with van der Waals surface area (Å²) in [5.74, 6) is 0.245. The number of ketones is 1. The molecule has 0 spiro atoms. The number of allylic oxidation sites excluding steroid dienone is 3. The van der Waals surface area contributed by atoms with Crippen molar-refractivity contribution in [3.63, 3.8) is 0 Å². The number of carbonyl (C=O) groups is 1. The van der Waals surface area contributed by atoms with Crippen LogP contribution in [0.3, 0.4) is 0 Å². The van der Waals surface area contributed by atoms with E-state index < -0.39 is 0 Å². The fourth-order valence-corrected chi connectivity index (χ4v) is 1.56. The van der Waals surface area contributed by atoms with Crippen molar-refractivity contribution in [2.24, 2.45) is 0 Å². The van der Waals surface area contributed by atoms with Crippen molar-refractivity contribution >= 4 is 5.78 Å². The molecule has 0 aliphatic rings. The van der Waals surface area contributed by atoms with E-state index in [1.54, 1.807) is 6.92 Å². The Morgan fingerprint density at radius 3 is 2.58 bits per heavy atom. The molecule has 0 fully saturated rings. The van der Waals surface area contributed by atoms with E-state index >= 15 is 0 Å². The summed E-state index contributed by atoms with van der Waals surface area (Å²) in [5.41, 5.74) is 1.19. The van der Waals surface area contributed by atoms with Crippen LogP contribution < -0.4 is 0 Å². The quantitative estimate of drug-likeness (QED) is 0.493. The smallest absolute Gasteiger partial charge is 0.130 e. The fraction of sp³-hybridized carbons (Fsp3) is 0.353. The number of benzene rings is 1. The Kier molecular flexibility index (Phi) is 8.32. The van der Waals surface area contributed by atoms with Crippen LogP contribution >= 0.6 is 0 Å². The molecule has 0 atom stereocenters. The Bertz CT molecular complexity index is 405. The Hall–Kier alpha value is -1.67. The largest absolute Gasteiger partial charge is 0.373 e. The van der Waals surface area contributed by atoms with Gasteiger partial charge in [-0.1, -0.05) is 54.6 Å². The second kappa shape index (κ2) is 10.3. The van der Waals surface area contributed by atoms with Crippen molar-refractivity contribution in [3.8, 4) is 0 Å². The monoisotopic (exact) mass is 258 g/mol. The average Bonchev–Trinajstić information content (AvgIpc) is 2.42. The highest BCUT2D eigenvalue weighted by molar-refractivity contribution is 5.75. The highest BCUT2D eigenvalue weighted by atomic mass is 16.5. The third kappa shape index (κ3) is 8.97. The Balaban J connectivity index is 2.00. The van der Waals surface area contributed by atoms with Crippen LogP contribution in [0.4, 0.5) is 0 Å². The van der Waals surface area contributed by atoms with Crippen molar-refractivity contribution in [2.45, 2.75) is 32.8 Å². The molecular formula is C17H22O2. The third-order valence-corrected chi connectivity index (χ3v) is 2.59. The fourth-order valence-electron chi connectivity index (χ4n) is 1.56. The van der Waals surface area contributed by atoms with Gasteiger partial charge in [0.25, 0.3) is 0 Å². The SMILES string of the molecule is CC(=O)CC/C=C/C/C=C/COCc1ccccc1. The maximum absolute atomic E-state index is 10.7. The first kappa shape index (κ1) is 15.4. The van der Waals surface area contributed by atoms with Crippen LogP contribution in [-0.2, 0) is 16.1 Å². The highest BCUT2D eigenvalue weighted by Gasteiger charge is 1.89. The predicted octanol–water partition coefficient (Wildman–Crippen LogP) is 4.07. The van der Waals surface area contributed by atoms with E-state index in [4.69, 9.17) is 4.74 Å². The minimum absolute atomic E-state index is 0.245. The minimum atomic E-state index is 0.245. The molecule has 0 aliphatic carbocycles. The van der Waals surface area contributed by atoms with E-state index in [2.05, 4.69) is 30.4 Å². The molecule has 0 aliphatic heterocycles. The van der Waals surface area contributed by atoms with E-state index in [-0.39, 0.29) is 5.78 Å². The number of ether oxygens (including phenoxy) is 1. The van der Waals surface area contributed by atoms with Crippen LogP contribution in [0.5, 0.6) is 0 Å². The van der Waals surface area contributed by atoms with Crippen LogP contribution in [0.15, 0.2) is 54.6 Å². The molecule has 0 unspecified atom stereocenters. The summed E-state index contributed by atoms with van der Waals surface area (Å²) in [6.07, 6.45) is 10.6. The zero-order chi connectivity index (χ0) is 13.8. The standard InChI is InChI=1S/C17H22O2/c1-16(18)11-7-4-2-3-5-10-14-19-15-17-12-8-6-9-13-17/h2,4-6,8-10,12-13H,3,7,11,14-15H2,1H3/b4-2+,10-5+. The van der Waals surface area contributed by atoms with Gasteiger partial charge in [0.05, 0.1) is 13.2 Å². The molecule has 0 amide bonds. The second-order valence-corrected chi connectivity index (χ2v) is 4.42. The summed E-state index contributed by atoms with van der Waals surface area (Å²) in [5, 5.41) is 0. The van der Waals surface area contributed by atoms with Gasteiger partial charge in [-0.15, -0.1) is 0 Å². The highest BCUT2D eigenvalue weighted by Crippen LogP contribution is 2.00. The van der Waals surface area contributed by atoms with E-state index in [0.717, 1.165) is 12.8 Å². The molecule has 0 radical (unpaired) electrons. The van der Waals surface area contributed by atoms with Gasteiger partial charge in [0, 0.05) is 6.42 Å². The van der Waals surface area contributed by atoms with Gasteiger partial charge in [-0.25, -0.2) is 0 Å². The molecule has 0 heterocycles. The number of hydrogen-bond acceptors (Lipinski definition) is 2. The van der Waals surface area contributed by atoms with Gasteiger partial charge in [-0.05, 0) is 25.3 Å². The first-order chi connectivity index (χ1) is 9.29. The van der Waals surface area contributed by atoms with Gasteiger partial charge in [-0.2, -0.15) is 0 Å². The van der Waals surface area contributed by atoms with Crippen molar-refractivity contribution < 1.29 is 9.53 Å². The predicted molar refractivity (Wildman–Crippen MR) is 78.9 cm³/mol. The molecule has 0 N–H and O–H groups in total. The molecular weight excluding hydrogens is 236 g/mol. The van der Waals surface area contributed by atoms with Gasteiger partial charge < -0.3 is 9.53 Å². The lowest BCUT2D eigenvalue weighted by Gasteiger charge is -2.00.